The zero-order valence-corrected chi connectivity index (χ0v) is 15.5. The van der Waals surface area contributed by atoms with Gasteiger partial charge in [0.1, 0.15) is 0 Å². The number of hydrogen-bond acceptors (Lipinski definition) is 3. The Morgan fingerprint density at radius 1 is 1.09 bits per heavy atom. The van der Waals surface area contributed by atoms with Gasteiger partial charge in [-0.15, -0.1) is 24.8 Å². The Kier molecular flexibility index (Phi) is 11.3. The van der Waals surface area contributed by atoms with Gasteiger partial charge in [0.15, 0.2) is 0 Å². The predicted octanol–water partition coefficient (Wildman–Crippen LogP) is 3.22. The highest BCUT2D eigenvalue weighted by Gasteiger charge is 2.21. The Morgan fingerprint density at radius 2 is 1.78 bits per heavy atom. The maximum atomic E-state index is 12.5. The maximum Gasteiger partial charge on any atom is 0.227 e. The molecule has 1 amide bonds. The quantitative estimate of drug-likeness (QED) is 0.791. The zero-order chi connectivity index (χ0) is 15.1. The van der Waals surface area contributed by atoms with Gasteiger partial charge in [0, 0.05) is 31.7 Å². The molecule has 0 saturated heterocycles. The van der Waals surface area contributed by atoms with Crippen LogP contribution in [0.15, 0.2) is 24.3 Å². The van der Waals surface area contributed by atoms with Gasteiger partial charge in [-0.1, -0.05) is 31.0 Å². The number of carbonyl (C=O) groups is 1. The number of nitrogens with two attached hydrogens (primary N) is 1. The molecule has 1 aliphatic rings. The predicted molar refractivity (Wildman–Crippen MR) is 102 cm³/mol. The van der Waals surface area contributed by atoms with E-state index in [0.29, 0.717) is 6.42 Å². The number of rotatable bonds is 6. The summed E-state index contributed by atoms with van der Waals surface area (Å²) < 4.78 is 0. The van der Waals surface area contributed by atoms with Gasteiger partial charge in [-0.2, -0.15) is 0 Å². The molecule has 0 saturated carbocycles. The number of para-hydroxylation sites is 1. The van der Waals surface area contributed by atoms with Crippen LogP contribution in [0.5, 0.6) is 0 Å². The van der Waals surface area contributed by atoms with E-state index in [1.807, 2.05) is 17.0 Å². The molecule has 6 heteroatoms. The van der Waals surface area contributed by atoms with Crippen LogP contribution in [0.2, 0.25) is 0 Å². The highest BCUT2D eigenvalue weighted by molar-refractivity contribution is 5.94. The lowest BCUT2D eigenvalue weighted by atomic mass is 10.1. The van der Waals surface area contributed by atoms with Gasteiger partial charge >= 0.3 is 0 Å². The average Bonchev–Trinajstić information content (AvgIpc) is 2.65. The van der Waals surface area contributed by atoms with E-state index in [0.717, 1.165) is 57.5 Å². The van der Waals surface area contributed by atoms with E-state index in [9.17, 15) is 4.79 Å². The minimum Gasteiger partial charge on any atom is -0.330 e. The Hall–Kier alpha value is -0.810. The number of hydrogen-bond donors (Lipinski definition) is 1. The van der Waals surface area contributed by atoms with E-state index in [4.69, 9.17) is 5.73 Å². The lowest BCUT2D eigenvalue weighted by molar-refractivity contribution is -0.118. The van der Waals surface area contributed by atoms with Gasteiger partial charge in [0.05, 0.1) is 0 Å². The van der Waals surface area contributed by atoms with Gasteiger partial charge in [0.2, 0.25) is 5.91 Å². The number of likely N-dealkylation sites (N-methyl/N-ethyl adjacent to an activating group) is 1. The van der Waals surface area contributed by atoms with Crippen LogP contribution in [0.1, 0.15) is 37.7 Å². The standard InChI is InChI=1S/C17H27N3O.2ClH/c1-19-12-13-20(16-9-6-5-8-15(16)14-19)17(21)10-4-2-3-7-11-18;;/h5-6,8-9H,2-4,7,10-14,18H2,1H3;2*1H. The van der Waals surface area contributed by atoms with Crippen molar-refractivity contribution in [2.24, 2.45) is 5.73 Å². The molecular weight excluding hydrogens is 333 g/mol. The number of nitrogens with zero attached hydrogens (tertiary/aromatic N) is 2. The molecule has 1 aliphatic heterocycles. The highest BCUT2D eigenvalue weighted by Crippen LogP contribution is 2.25. The summed E-state index contributed by atoms with van der Waals surface area (Å²) in [7, 11) is 2.11. The fourth-order valence-electron chi connectivity index (χ4n) is 2.84. The molecule has 0 atom stereocenters. The molecule has 2 rings (SSSR count). The third kappa shape index (κ3) is 6.68. The number of amides is 1. The van der Waals surface area contributed by atoms with E-state index >= 15 is 0 Å². The van der Waals surface area contributed by atoms with E-state index < -0.39 is 0 Å². The number of carbonyl (C=O) groups excluding carboxylic acids is 1. The number of benzene rings is 1. The number of unbranched alkanes of at least 4 members (excludes halogenated alkanes) is 3. The van der Waals surface area contributed by atoms with E-state index in [1.54, 1.807) is 0 Å². The van der Waals surface area contributed by atoms with E-state index in [2.05, 4.69) is 24.1 Å². The summed E-state index contributed by atoms with van der Waals surface area (Å²) in [6.07, 6.45) is 4.89. The molecule has 23 heavy (non-hydrogen) atoms. The largest absolute Gasteiger partial charge is 0.330 e. The van der Waals surface area contributed by atoms with Gasteiger partial charge < -0.3 is 15.5 Å². The van der Waals surface area contributed by atoms with Crippen LogP contribution >= 0.6 is 24.8 Å². The average molecular weight is 362 g/mol. The second kappa shape index (κ2) is 11.7. The topological polar surface area (TPSA) is 49.6 Å². The number of fused-ring (bicyclic) bond motifs is 1. The van der Waals surface area contributed by atoms with Crippen molar-refractivity contribution < 1.29 is 4.79 Å². The molecule has 0 aromatic heterocycles. The Bertz CT molecular complexity index is 471. The summed E-state index contributed by atoms with van der Waals surface area (Å²) >= 11 is 0. The van der Waals surface area contributed by atoms with Crippen molar-refractivity contribution in [3.8, 4) is 0 Å². The van der Waals surface area contributed by atoms with Crippen molar-refractivity contribution >= 4 is 36.4 Å². The number of anilines is 1. The monoisotopic (exact) mass is 361 g/mol. The first kappa shape index (κ1) is 22.2. The Balaban J connectivity index is 0.00000242. The minimum atomic E-state index is 0. The molecule has 2 N–H and O–H groups in total. The third-order valence-corrected chi connectivity index (χ3v) is 4.07. The van der Waals surface area contributed by atoms with Gasteiger partial charge in [0.25, 0.3) is 0 Å². The Labute approximate surface area is 152 Å². The maximum absolute atomic E-state index is 12.5. The van der Waals surface area contributed by atoms with Crippen molar-refractivity contribution in [2.75, 3.05) is 31.6 Å². The molecule has 0 unspecified atom stereocenters. The molecule has 1 heterocycles. The highest BCUT2D eigenvalue weighted by atomic mass is 35.5. The summed E-state index contributed by atoms with van der Waals surface area (Å²) in [5.74, 6) is 0.255. The molecule has 1 aromatic rings. The first-order chi connectivity index (χ1) is 10.2. The van der Waals surface area contributed by atoms with Crippen LogP contribution in [0.4, 0.5) is 5.69 Å². The normalized spacial score (nSPS) is 14.3. The second-order valence-electron chi connectivity index (χ2n) is 5.86. The lowest BCUT2D eigenvalue weighted by Crippen LogP contribution is -2.34. The summed E-state index contributed by atoms with van der Waals surface area (Å²) in [6.45, 7) is 3.37. The smallest absolute Gasteiger partial charge is 0.227 e. The third-order valence-electron chi connectivity index (χ3n) is 4.07. The molecule has 1 aromatic carbocycles. The summed E-state index contributed by atoms with van der Waals surface area (Å²) in [4.78, 5) is 16.8. The molecule has 0 aliphatic carbocycles. The van der Waals surface area contributed by atoms with Crippen molar-refractivity contribution in [1.29, 1.82) is 0 Å². The van der Waals surface area contributed by atoms with Crippen LogP contribution in [0.3, 0.4) is 0 Å². The molecule has 4 nitrogen and oxygen atoms in total. The van der Waals surface area contributed by atoms with Crippen LogP contribution < -0.4 is 10.6 Å². The van der Waals surface area contributed by atoms with Crippen LogP contribution in [0.25, 0.3) is 0 Å². The summed E-state index contributed by atoms with van der Waals surface area (Å²) in [5, 5.41) is 0. The van der Waals surface area contributed by atoms with Crippen LogP contribution in [-0.2, 0) is 11.3 Å². The fourth-order valence-corrected chi connectivity index (χ4v) is 2.84. The zero-order valence-electron chi connectivity index (χ0n) is 13.9. The van der Waals surface area contributed by atoms with Crippen molar-refractivity contribution in [2.45, 2.75) is 38.6 Å². The number of halogens is 2. The molecule has 0 spiro atoms. The van der Waals surface area contributed by atoms with Gasteiger partial charge in [-0.25, -0.2) is 0 Å². The molecular formula is C17H29Cl2N3O. The van der Waals surface area contributed by atoms with E-state index in [1.165, 1.54) is 5.56 Å². The van der Waals surface area contributed by atoms with Crippen molar-refractivity contribution in [3.05, 3.63) is 29.8 Å². The first-order valence-corrected chi connectivity index (χ1v) is 7.99. The molecule has 0 fully saturated rings. The van der Waals surface area contributed by atoms with Gasteiger partial charge in [-0.3, -0.25) is 4.79 Å². The second-order valence-corrected chi connectivity index (χ2v) is 5.86. The molecule has 0 bridgehead atoms. The van der Waals surface area contributed by atoms with Crippen molar-refractivity contribution in [1.82, 2.24) is 4.90 Å². The summed E-state index contributed by atoms with van der Waals surface area (Å²) in [5.41, 5.74) is 7.83. The van der Waals surface area contributed by atoms with Crippen molar-refractivity contribution in [3.63, 3.8) is 0 Å². The van der Waals surface area contributed by atoms with E-state index in [-0.39, 0.29) is 30.7 Å². The SMILES string of the molecule is CN1CCN(C(=O)CCCCCCN)c2ccccc2C1.Cl.Cl. The van der Waals surface area contributed by atoms with Gasteiger partial charge in [-0.05, 0) is 38.1 Å². The minimum absolute atomic E-state index is 0. The van der Waals surface area contributed by atoms with Crippen LogP contribution in [-0.4, -0.2) is 37.5 Å². The Morgan fingerprint density at radius 3 is 2.52 bits per heavy atom. The molecule has 132 valence electrons. The molecule has 0 radical (unpaired) electrons. The van der Waals surface area contributed by atoms with Crippen LogP contribution in [0, 0.1) is 0 Å². The first-order valence-electron chi connectivity index (χ1n) is 7.99. The fraction of sp³-hybridized carbons (Fsp3) is 0.588. The summed E-state index contributed by atoms with van der Waals surface area (Å²) in [6, 6.07) is 8.26. The lowest BCUT2D eigenvalue weighted by Gasteiger charge is -2.22.